The van der Waals surface area contributed by atoms with E-state index in [4.69, 9.17) is 0 Å². The van der Waals surface area contributed by atoms with Gasteiger partial charge in [-0.15, -0.1) is 0 Å². The van der Waals surface area contributed by atoms with Crippen LogP contribution in [0.3, 0.4) is 0 Å². The third-order valence-electron chi connectivity index (χ3n) is 4.06. The van der Waals surface area contributed by atoms with E-state index in [1.54, 1.807) is 41.1 Å². The second-order valence-corrected chi connectivity index (χ2v) is 6.78. The number of nitro benzene ring substituents is 1. The Hall–Kier alpha value is -3.40. The number of amides is 2. The minimum absolute atomic E-state index is 0.000511. The second kappa shape index (κ2) is 8.09. The summed E-state index contributed by atoms with van der Waals surface area (Å²) in [5.41, 5.74) is 1.11. The molecule has 0 unspecified atom stereocenters. The normalized spacial score (nSPS) is 15.3. The van der Waals surface area contributed by atoms with Crippen LogP contribution in [0.15, 0.2) is 47.5 Å². The lowest BCUT2D eigenvalue weighted by molar-refractivity contribution is -0.385. The van der Waals surface area contributed by atoms with Gasteiger partial charge in [-0.3, -0.25) is 29.4 Å². The number of esters is 1. The summed E-state index contributed by atoms with van der Waals surface area (Å²) in [5, 5.41) is 10.6. The molecule has 1 fully saturated rings. The van der Waals surface area contributed by atoms with Crippen LogP contribution in [0.25, 0.3) is 6.08 Å². The van der Waals surface area contributed by atoms with Gasteiger partial charge in [0.1, 0.15) is 6.54 Å². The Bertz CT molecular complexity index is 997. The van der Waals surface area contributed by atoms with Crippen molar-refractivity contribution in [3.8, 4) is 0 Å². The number of thioether (sulfide) groups is 1. The number of imide groups is 1. The lowest BCUT2D eigenvalue weighted by Gasteiger charge is -2.10. The van der Waals surface area contributed by atoms with Crippen LogP contribution in [-0.2, 0) is 20.9 Å². The third-order valence-corrected chi connectivity index (χ3v) is 4.97. The van der Waals surface area contributed by atoms with Gasteiger partial charge in [0.05, 0.1) is 23.5 Å². The van der Waals surface area contributed by atoms with Crippen LogP contribution >= 0.6 is 11.8 Å². The van der Waals surface area contributed by atoms with Gasteiger partial charge in [-0.1, -0.05) is 18.2 Å². The van der Waals surface area contributed by atoms with Gasteiger partial charge >= 0.3 is 5.97 Å². The molecular weight excluding hydrogens is 386 g/mol. The molecule has 1 saturated heterocycles. The van der Waals surface area contributed by atoms with E-state index in [1.165, 1.54) is 19.3 Å². The quantitative estimate of drug-likeness (QED) is 0.316. The molecule has 1 aliphatic rings. The molecule has 0 N–H and O–H groups in total. The largest absolute Gasteiger partial charge is 0.468 e. The lowest BCUT2D eigenvalue weighted by Crippen LogP contribution is -2.34. The maximum Gasteiger partial charge on any atom is 0.325 e. The lowest BCUT2D eigenvalue weighted by atomic mass is 10.2. The molecule has 3 rings (SSSR count). The van der Waals surface area contributed by atoms with Crippen molar-refractivity contribution in [1.29, 1.82) is 0 Å². The fourth-order valence-corrected chi connectivity index (χ4v) is 3.50. The first-order valence-electron chi connectivity index (χ1n) is 8.10. The van der Waals surface area contributed by atoms with Gasteiger partial charge in [0.25, 0.3) is 16.8 Å². The van der Waals surface area contributed by atoms with Crippen molar-refractivity contribution in [2.45, 2.75) is 6.54 Å². The maximum absolute atomic E-state index is 12.4. The first-order chi connectivity index (χ1) is 13.4. The maximum atomic E-state index is 12.4. The Kier molecular flexibility index (Phi) is 5.59. The summed E-state index contributed by atoms with van der Waals surface area (Å²) in [6.07, 6.45) is 3.25. The number of hydrogen-bond acceptors (Lipinski definition) is 7. The van der Waals surface area contributed by atoms with Crippen LogP contribution in [0.5, 0.6) is 0 Å². The van der Waals surface area contributed by atoms with Gasteiger partial charge in [-0.05, 0) is 30.0 Å². The summed E-state index contributed by atoms with van der Waals surface area (Å²) in [4.78, 5) is 47.5. The van der Waals surface area contributed by atoms with E-state index in [0.717, 1.165) is 16.7 Å². The number of ether oxygens (including phenoxy) is 1. The molecule has 0 radical (unpaired) electrons. The molecule has 10 heteroatoms. The number of aromatic nitrogens is 1. The predicted molar refractivity (Wildman–Crippen MR) is 101 cm³/mol. The van der Waals surface area contributed by atoms with Gasteiger partial charge < -0.3 is 9.30 Å². The van der Waals surface area contributed by atoms with Gasteiger partial charge in [0.2, 0.25) is 0 Å². The molecule has 1 aliphatic heterocycles. The Morgan fingerprint density at radius 2 is 2.00 bits per heavy atom. The monoisotopic (exact) mass is 401 g/mol. The van der Waals surface area contributed by atoms with Crippen molar-refractivity contribution in [1.82, 2.24) is 9.47 Å². The number of carbonyl (C=O) groups is 3. The average Bonchev–Trinajstić information content (AvgIpc) is 3.21. The molecule has 2 aromatic rings. The van der Waals surface area contributed by atoms with Gasteiger partial charge in [-0.25, -0.2) is 0 Å². The molecule has 0 saturated carbocycles. The van der Waals surface area contributed by atoms with Crippen LogP contribution in [0.1, 0.15) is 11.3 Å². The second-order valence-electron chi connectivity index (χ2n) is 5.79. The zero-order valence-electron chi connectivity index (χ0n) is 14.7. The predicted octanol–water partition coefficient (Wildman–Crippen LogP) is 2.65. The molecule has 144 valence electrons. The number of benzene rings is 1. The molecule has 9 nitrogen and oxygen atoms in total. The molecule has 1 aromatic carbocycles. The number of methoxy groups -OCH3 is 1. The topological polar surface area (TPSA) is 112 Å². The number of nitrogens with zero attached hydrogens (tertiary/aromatic N) is 3. The molecule has 0 bridgehead atoms. The summed E-state index contributed by atoms with van der Waals surface area (Å²) >= 11 is 0.725. The van der Waals surface area contributed by atoms with Gasteiger partial charge in [-0.2, -0.15) is 0 Å². The van der Waals surface area contributed by atoms with Crippen molar-refractivity contribution >= 4 is 40.6 Å². The Balaban J connectivity index is 1.85. The first-order valence-corrected chi connectivity index (χ1v) is 8.92. The molecule has 0 atom stereocenters. The summed E-state index contributed by atoms with van der Waals surface area (Å²) in [7, 11) is 1.17. The van der Waals surface area contributed by atoms with E-state index < -0.39 is 28.6 Å². The fraction of sp³-hybridized carbons (Fsp3) is 0.167. The molecule has 0 spiro atoms. The summed E-state index contributed by atoms with van der Waals surface area (Å²) in [5.74, 6) is -1.28. The van der Waals surface area contributed by atoms with E-state index in [2.05, 4.69) is 4.74 Å². The van der Waals surface area contributed by atoms with Crippen molar-refractivity contribution in [2.75, 3.05) is 13.7 Å². The van der Waals surface area contributed by atoms with Crippen LogP contribution in [0.2, 0.25) is 0 Å². The number of hydrogen-bond donors (Lipinski definition) is 0. The molecule has 0 aliphatic carbocycles. The van der Waals surface area contributed by atoms with Gasteiger partial charge in [0, 0.05) is 23.5 Å². The van der Waals surface area contributed by atoms with Crippen molar-refractivity contribution in [3.63, 3.8) is 0 Å². The highest BCUT2D eigenvalue weighted by molar-refractivity contribution is 8.18. The highest BCUT2D eigenvalue weighted by atomic mass is 32.2. The summed E-state index contributed by atoms with van der Waals surface area (Å²) in [6.45, 7) is -0.225. The summed E-state index contributed by atoms with van der Waals surface area (Å²) in [6, 6.07) is 9.85. The highest BCUT2D eigenvalue weighted by Crippen LogP contribution is 2.32. The summed E-state index contributed by atoms with van der Waals surface area (Å²) < 4.78 is 6.23. The standard InChI is InChI=1S/C18H15N3O6S/c1-27-16(22)11-20-17(23)15(28-18(20)24)9-13-6-4-8-19(13)10-12-5-2-3-7-14(12)21(25)26/h2-9H,10-11H2,1H3/b15-9-. The average molecular weight is 401 g/mol. The van der Waals surface area contributed by atoms with E-state index in [0.29, 0.717) is 11.3 Å². The molecular formula is C18H15N3O6S. The van der Waals surface area contributed by atoms with Crippen LogP contribution in [0.4, 0.5) is 10.5 Å². The molecule has 1 aromatic heterocycles. The van der Waals surface area contributed by atoms with Crippen LogP contribution in [-0.4, -0.2) is 45.2 Å². The van der Waals surface area contributed by atoms with Crippen LogP contribution < -0.4 is 0 Å². The number of carbonyl (C=O) groups excluding carboxylic acids is 3. The number of rotatable bonds is 6. The van der Waals surface area contributed by atoms with Gasteiger partial charge in [0.15, 0.2) is 0 Å². The Labute approximate surface area is 163 Å². The third kappa shape index (κ3) is 3.96. The van der Waals surface area contributed by atoms with E-state index in [-0.39, 0.29) is 17.1 Å². The van der Waals surface area contributed by atoms with E-state index in [9.17, 15) is 24.5 Å². The number of para-hydroxylation sites is 1. The Morgan fingerprint density at radius 1 is 1.25 bits per heavy atom. The molecule has 28 heavy (non-hydrogen) atoms. The number of nitro groups is 1. The van der Waals surface area contributed by atoms with Crippen LogP contribution in [0, 0.1) is 10.1 Å². The van der Waals surface area contributed by atoms with Crippen molar-refractivity contribution in [3.05, 3.63) is 68.9 Å². The minimum Gasteiger partial charge on any atom is -0.468 e. The highest BCUT2D eigenvalue weighted by Gasteiger charge is 2.36. The minimum atomic E-state index is -0.691. The van der Waals surface area contributed by atoms with Crippen molar-refractivity contribution < 1.29 is 24.0 Å². The smallest absolute Gasteiger partial charge is 0.325 e. The van der Waals surface area contributed by atoms with E-state index >= 15 is 0 Å². The van der Waals surface area contributed by atoms with E-state index in [1.807, 2.05) is 0 Å². The molecule has 2 amide bonds. The molecule has 2 heterocycles. The zero-order chi connectivity index (χ0) is 20.3. The van der Waals surface area contributed by atoms with Crippen molar-refractivity contribution in [2.24, 2.45) is 0 Å². The first kappa shape index (κ1) is 19.4. The Morgan fingerprint density at radius 3 is 2.71 bits per heavy atom. The fourth-order valence-electron chi connectivity index (χ4n) is 2.67. The zero-order valence-corrected chi connectivity index (χ0v) is 15.5. The SMILES string of the molecule is COC(=O)CN1C(=O)S/C(=C\c2cccn2Cc2ccccc2[N+](=O)[O-])C1=O.